The van der Waals surface area contributed by atoms with Crippen molar-refractivity contribution >= 4 is 22.7 Å². The molecule has 1 saturated heterocycles. The van der Waals surface area contributed by atoms with Crippen LogP contribution in [0.15, 0.2) is 0 Å². The maximum Gasteiger partial charge on any atom is 0.164 e. The normalized spacial score (nSPS) is 22.2. The van der Waals surface area contributed by atoms with Gasteiger partial charge in [-0.15, -0.1) is 0 Å². The molecule has 0 saturated carbocycles. The minimum absolute atomic E-state index is 0.185. The molecule has 0 spiro atoms. The van der Waals surface area contributed by atoms with E-state index in [9.17, 15) is 8.78 Å². The van der Waals surface area contributed by atoms with Crippen molar-refractivity contribution in [1.29, 1.82) is 0 Å². The van der Waals surface area contributed by atoms with Crippen molar-refractivity contribution in [2.75, 3.05) is 32.9 Å². The molecule has 12 heavy (non-hydrogen) atoms. The topological polar surface area (TPSA) is 12.5 Å². The summed E-state index contributed by atoms with van der Waals surface area (Å²) in [6, 6.07) is 0. The summed E-state index contributed by atoms with van der Waals surface area (Å²) < 4.78 is 29.7. The number of thiol groups is 1. The summed E-state index contributed by atoms with van der Waals surface area (Å²) in [7, 11) is 0. The van der Waals surface area contributed by atoms with Crippen molar-refractivity contribution in [3.63, 3.8) is 0 Å². The molecule has 0 N–H and O–H groups in total. The summed E-state index contributed by atoms with van der Waals surface area (Å²) in [5, 5.41) is 0. The third kappa shape index (κ3) is 2.76. The quantitative estimate of drug-likeness (QED) is 0.323. The molecule has 2 nitrogen and oxygen atoms in total. The SMILES string of the molecule is FCC1(F)CN(CCOSS)C1. The lowest BCUT2D eigenvalue weighted by Crippen LogP contribution is -2.60. The molecule has 0 aromatic heterocycles. The molecule has 1 aliphatic rings. The highest BCUT2D eigenvalue weighted by molar-refractivity contribution is 8.66. The fourth-order valence-electron chi connectivity index (χ4n) is 1.20. The molecule has 0 amide bonds. The van der Waals surface area contributed by atoms with E-state index in [1.807, 2.05) is 4.90 Å². The van der Waals surface area contributed by atoms with Gasteiger partial charge in [0.1, 0.15) is 6.67 Å². The Kier molecular flexibility index (Phi) is 4.09. The first-order valence-electron chi connectivity index (χ1n) is 3.60. The average Bonchev–Trinajstić information content (AvgIpc) is 2.01. The van der Waals surface area contributed by atoms with E-state index in [-0.39, 0.29) is 13.1 Å². The van der Waals surface area contributed by atoms with Gasteiger partial charge < -0.3 is 4.18 Å². The monoisotopic (exact) mass is 215 g/mol. The van der Waals surface area contributed by atoms with Gasteiger partial charge in [0.25, 0.3) is 0 Å². The van der Waals surface area contributed by atoms with Gasteiger partial charge in [0, 0.05) is 19.6 Å². The lowest BCUT2D eigenvalue weighted by molar-refractivity contribution is -0.0505. The summed E-state index contributed by atoms with van der Waals surface area (Å²) in [6.07, 6.45) is 0. The molecular formula is C6H11F2NOS2. The first-order chi connectivity index (χ1) is 5.70. The van der Waals surface area contributed by atoms with Crippen LogP contribution in [0.25, 0.3) is 0 Å². The first-order valence-corrected chi connectivity index (χ1v) is 5.40. The zero-order valence-corrected chi connectivity index (χ0v) is 8.21. The van der Waals surface area contributed by atoms with Crippen molar-refractivity contribution in [3.05, 3.63) is 0 Å². The van der Waals surface area contributed by atoms with Crippen molar-refractivity contribution < 1.29 is 13.0 Å². The molecule has 0 atom stereocenters. The summed E-state index contributed by atoms with van der Waals surface area (Å²) >= 11 is 4.75. The molecule has 0 aliphatic carbocycles. The van der Waals surface area contributed by atoms with Gasteiger partial charge in [-0.2, -0.15) is 0 Å². The molecular weight excluding hydrogens is 204 g/mol. The van der Waals surface area contributed by atoms with Gasteiger partial charge >= 0.3 is 0 Å². The standard InChI is InChI=1S/C6H11F2NOS2/c7-3-6(8)4-9(5-6)1-2-10-12-11/h11H,1-5H2. The molecule has 1 heterocycles. The van der Waals surface area contributed by atoms with Crippen LogP contribution in [0.5, 0.6) is 0 Å². The van der Waals surface area contributed by atoms with Crippen LogP contribution in [0.1, 0.15) is 0 Å². The Labute approximate surface area is 79.6 Å². The van der Waals surface area contributed by atoms with Crippen LogP contribution in [0, 0.1) is 0 Å². The van der Waals surface area contributed by atoms with Gasteiger partial charge in [-0.1, -0.05) is 11.7 Å². The van der Waals surface area contributed by atoms with E-state index in [0.717, 1.165) is 11.1 Å². The maximum atomic E-state index is 12.9. The van der Waals surface area contributed by atoms with Crippen LogP contribution in [-0.4, -0.2) is 43.5 Å². The zero-order valence-electron chi connectivity index (χ0n) is 6.50. The molecule has 6 heteroatoms. The Balaban J connectivity index is 2.02. The van der Waals surface area contributed by atoms with Crippen molar-refractivity contribution in [2.24, 2.45) is 0 Å². The summed E-state index contributed by atoms with van der Waals surface area (Å²) in [5.41, 5.74) is -1.59. The third-order valence-electron chi connectivity index (χ3n) is 1.80. The van der Waals surface area contributed by atoms with Gasteiger partial charge in [0.05, 0.1) is 17.7 Å². The highest BCUT2D eigenvalue weighted by Crippen LogP contribution is 2.25. The van der Waals surface area contributed by atoms with E-state index in [1.54, 1.807) is 0 Å². The van der Waals surface area contributed by atoms with E-state index >= 15 is 0 Å². The second-order valence-corrected chi connectivity index (χ2v) is 3.72. The molecule has 0 bridgehead atoms. The van der Waals surface area contributed by atoms with Crippen LogP contribution in [-0.2, 0) is 4.18 Å². The molecule has 1 fully saturated rings. The van der Waals surface area contributed by atoms with Crippen molar-refractivity contribution in [3.8, 4) is 0 Å². The lowest BCUT2D eigenvalue weighted by Gasteiger charge is -2.42. The second-order valence-electron chi connectivity index (χ2n) is 2.89. The fourth-order valence-corrected chi connectivity index (χ4v) is 1.57. The Morgan fingerprint density at radius 2 is 2.25 bits per heavy atom. The first kappa shape index (κ1) is 10.6. The zero-order chi connectivity index (χ0) is 9.03. The minimum atomic E-state index is -1.59. The molecule has 1 rings (SSSR count). The van der Waals surface area contributed by atoms with Gasteiger partial charge in [0.15, 0.2) is 5.67 Å². The third-order valence-corrected chi connectivity index (χ3v) is 2.39. The smallest absolute Gasteiger partial charge is 0.164 e. The predicted molar refractivity (Wildman–Crippen MR) is 48.8 cm³/mol. The number of likely N-dealkylation sites (tertiary alicyclic amines) is 1. The van der Waals surface area contributed by atoms with Crippen molar-refractivity contribution in [1.82, 2.24) is 4.90 Å². The molecule has 1 aliphatic heterocycles. The summed E-state index contributed by atoms with van der Waals surface area (Å²) in [4.78, 5) is 1.81. The summed E-state index contributed by atoms with van der Waals surface area (Å²) in [5.74, 6) is 0. The van der Waals surface area contributed by atoms with Gasteiger partial charge in [-0.05, 0) is 0 Å². The Hall–Kier alpha value is 0.480. The van der Waals surface area contributed by atoms with Crippen LogP contribution < -0.4 is 0 Å². The number of hydrogen-bond donors (Lipinski definition) is 1. The van der Waals surface area contributed by atoms with Gasteiger partial charge in [-0.25, -0.2) is 8.78 Å². The van der Waals surface area contributed by atoms with Crippen LogP contribution in [0.2, 0.25) is 0 Å². The van der Waals surface area contributed by atoms with E-state index in [0.29, 0.717) is 13.2 Å². The molecule has 0 aromatic carbocycles. The van der Waals surface area contributed by atoms with Crippen molar-refractivity contribution in [2.45, 2.75) is 5.67 Å². The highest BCUT2D eigenvalue weighted by atomic mass is 33.1. The van der Waals surface area contributed by atoms with Crippen LogP contribution in [0.3, 0.4) is 0 Å². The Bertz CT molecular complexity index is 144. The maximum absolute atomic E-state index is 12.9. The van der Waals surface area contributed by atoms with Gasteiger partial charge in [0.2, 0.25) is 0 Å². The number of alkyl halides is 2. The van der Waals surface area contributed by atoms with E-state index in [4.69, 9.17) is 4.18 Å². The predicted octanol–water partition coefficient (Wildman–Crippen LogP) is 1.49. The minimum Gasteiger partial charge on any atom is -0.304 e. The Morgan fingerprint density at radius 1 is 1.58 bits per heavy atom. The highest BCUT2D eigenvalue weighted by Gasteiger charge is 2.43. The van der Waals surface area contributed by atoms with Gasteiger partial charge in [-0.3, -0.25) is 4.90 Å². The van der Waals surface area contributed by atoms with E-state index in [1.165, 1.54) is 0 Å². The van der Waals surface area contributed by atoms with Crippen LogP contribution >= 0.6 is 22.7 Å². The Morgan fingerprint density at radius 3 is 2.75 bits per heavy atom. The van der Waals surface area contributed by atoms with Crippen LogP contribution in [0.4, 0.5) is 8.78 Å². The largest absolute Gasteiger partial charge is 0.304 e. The average molecular weight is 215 g/mol. The number of hydrogen-bond acceptors (Lipinski definition) is 4. The number of halogens is 2. The van der Waals surface area contributed by atoms with E-state index in [2.05, 4.69) is 11.7 Å². The second kappa shape index (κ2) is 4.64. The number of rotatable bonds is 5. The fraction of sp³-hybridized carbons (Fsp3) is 1.00. The molecule has 0 aromatic rings. The van der Waals surface area contributed by atoms with E-state index < -0.39 is 12.3 Å². The summed E-state index contributed by atoms with van der Waals surface area (Å²) in [6.45, 7) is 0.621. The molecule has 72 valence electrons. The number of nitrogens with zero attached hydrogens (tertiary/aromatic N) is 1. The molecule has 0 unspecified atom stereocenters. The molecule has 0 radical (unpaired) electrons. The lowest BCUT2D eigenvalue weighted by atomic mass is 9.98.